The summed E-state index contributed by atoms with van der Waals surface area (Å²) in [6.45, 7) is 5.07. The van der Waals surface area contributed by atoms with Crippen molar-refractivity contribution in [3.05, 3.63) is 23.5 Å². The van der Waals surface area contributed by atoms with Crippen LogP contribution in [0.25, 0.3) is 0 Å². The number of anilines is 1. The molecular weight excluding hydrogens is 266 g/mol. The third kappa shape index (κ3) is 3.73. The van der Waals surface area contributed by atoms with Gasteiger partial charge in [0.2, 0.25) is 0 Å². The lowest BCUT2D eigenvalue weighted by Gasteiger charge is -2.29. The van der Waals surface area contributed by atoms with E-state index in [2.05, 4.69) is 10.3 Å². The smallest absolute Gasteiger partial charge is 0.257 e. The molecule has 1 heterocycles. The van der Waals surface area contributed by atoms with Crippen molar-refractivity contribution in [1.29, 1.82) is 0 Å². The average Bonchev–Trinajstić information content (AvgIpc) is 2.98. The highest BCUT2D eigenvalue weighted by Crippen LogP contribution is 2.26. The number of pyridine rings is 1. The van der Waals surface area contributed by atoms with Crippen LogP contribution in [0.4, 0.5) is 5.69 Å². The second kappa shape index (κ2) is 7.41. The maximum atomic E-state index is 12.9. The molecule has 1 aromatic rings. The standard InChI is InChI=1S/C16H25N3O2/c1-3-17-15-10-12(2)18-11-14(15)16(21)19(8-9-20)13-6-4-5-7-13/h10-11,13,20H,3-9H2,1-2H3,(H,17,18). The van der Waals surface area contributed by atoms with Gasteiger partial charge in [-0.1, -0.05) is 12.8 Å². The number of aliphatic hydroxyl groups is 1. The van der Waals surface area contributed by atoms with Crippen molar-refractivity contribution in [2.45, 2.75) is 45.6 Å². The number of aryl methyl sites for hydroxylation is 1. The first kappa shape index (κ1) is 15.8. The van der Waals surface area contributed by atoms with E-state index in [1.54, 1.807) is 6.20 Å². The van der Waals surface area contributed by atoms with Crippen molar-refractivity contribution in [2.75, 3.05) is 25.0 Å². The van der Waals surface area contributed by atoms with Gasteiger partial charge in [-0.15, -0.1) is 0 Å². The van der Waals surface area contributed by atoms with Crippen LogP contribution in [-0.4, -0.2) is 46.6 Å². The molecule has 0 aliphatic heterocycles. The average molecular weight is 291 g/mol. The maximum absolute atomic E-state index is 12.9. The Labute approximate surface area is 126 Å². The zero-order valence-corrected chi connectivity index (χ0v) is 12.9. The summed E-state index contributed by atoms with van der Waals surface area (Å²) in [5.41, 5.74) is 2.32. The van der Waals surface area contributed by atoms with Gasteiger partial charge in [-0.2, -0.15) is 0 Å². The Balaban J connectivity index is 2.27. The van der Waals surface area contributed by atoms with Crippen molar-refractivity contribution in [2.24, 2.45) is 0 Å². The van der Waals surface area contributed by atoms with E-state index < -0.39 is 0 Å². The molecule has 0 spiro atoms. The molecule has 0 bridgehead atoms. The van der Waals surface area contributed by atoms with Crippen molar-refractivity contribution in [3.63, 3.8) is 0 Å². The molecule has 5 nitrogen and oxygen atoms in total. The Hall–Kier alpha value is -1.62. The number of amides is 1. The largest absolute Gasteiger partial charge is 0.395 e. The lowest BCUT2D eigenvalue weighted by Crippen LogP contribution is -2.41. The predicted octanol–water partition coefficient (Wildman–Crippen LogP) is 2.20. The fraction of sp³-hybridized carbons (Fsp3) is 0.625. The highest BCUT2D eigenvalue weighted by atomic mass is 16.3. The van der Waals surface area contributed by atoms with Gasteiger partial charge in [0.1, 0.15) is 0 Å². The summed E-state index contributed by atoms with van der Waals surface area (Å²) in [5, 5.41) is 12.5. The molecule has 0 unspecified atom stereocenters. The molecule has 116 valence electrons. The van der Waals surface area contributed by atoms with Crippen LogP contribution in [0.1, 0.15) is 48.7 Å². The number of aromatic nitrogens is 1. The van der Waals surface area contributed by atoms with E-state index in [4.69, 9.17) is 0 Å². The van der Waals surface area contributed by atoms with E-state index >= 15 is 0 Å². The molecule has 1 amide bonds. The van der Waals surface area contributed by atoms with E-state index in [0.29, 0.717) is 12.1 Å². The van der Waals surface area contributed by atoms with Crippen molar-refractivity contribution < 1.29 is 9.90 Å². The fourth-order valence-corrected chi connectivity index (χ4v) is 3.00. The summed E-state index contributed by atoms with van der Waals surface area (Å²) in [4.78, 5) is 18.9. The third-order valence-electron chi connectivity index (χ3n) is 4.01. The Morgan fingerprint density at radius 2 is 2.19 bits per heavy atom. The molecule has 2 rings (SSSR count). The van der Waals surface area contributed by atoms with Gasteiger partial charge in [-0.25, -0.2) is 0 Å². The molecule has 21 heavy (non-hydrogen) atoms. The van der Waals surface area contributed by atoms with Gasteiger partial charge in [0.05, 0.1) is 17.9 Å². The van der Waals surface area contributed by atoms with Crippen LogP contribution >= 0.6 is 0 Å². The van der Waals surface area contributed by atoms with Gasteiger partial charge < -0.3 is 15.3 Å². The minimum atomic E-state index is -0.0283. The van der Waals surface area contributed by atoms with E-state index in [9.17, 15) is 9.90 Å². The van der Waals surface area contributed by atoms with Crippen LogP contribution in [0.15, 0.2) is 12.3 Å². The van der Waals surface area contributed by atoms with Crippen LogP contribution in [-0.2, 0) is 0 Å². The van der Waals surface area contributed by atoms with Gasteiger partial charge in [0.15, 0.2) is 0 Å². The Kier molecular flexibility index (Phi) is 5.56. The van der Waals surface area contributed by atoms with E-state index in [1.165, 1.54) is 0 Å². The summed E-state index contributed by atoms with van der Waals surface area (Å²) in [6, 6.07) is 2.16. The minimum Gasteiger partial charge on any atom is -0.395 e. The first-order valence-electron chi connectivity index (χ1n) is 7.79. The number of hydrogen-bond acceptors (Lipinski definition) is 4. The zero-order chi connectivity index (χ0) is 15.2. The van der Waals surface area contributed by atoms with Crippen LogP contribution in [0, 0.1) is 6.92 Å². The number of nitrogens with zero attached hydrogens (tertiary/aromatic N) is 2. The number of carbonyl (C=O) groups excluding carboxylic acids is 1. The van der Waals surface area contributed by atoms with Crippen molar-refractivity contribution in [1.82, 2.24) is 9.88 Å². The Morgan fingerprint density at radius 3 is 2.81 bits per heavy atom. The molecule has 0 atom stereocenters. The van der Waals surface area contributed by atoms with Crippen LogP contribution in [0.2, 0.25) is 0 Å². The normalized spacial score (nSPS) is 15.2. The molecule has 0 aromatic carbocycles. The fourth-order valence-electron chi connectivity index (χ4n) is 3.00. The summed E-state index contributed by atoms with van der Waals surface area (Å²) < 4.78 is 0. The van der Waals surface area contributed by atoms with Gasteiger partial charge in [-0.05, 0) is 32.8 Å². The number of hydrogen-bond donors (Lipinski definition) is 2. The van der Waals surface area contributed by atoms with Crippen molar-refractivity contribution >= 4 is 11.6 Å². The monoisotopic (exact) mass is 291 g/mol. The number of carbonyl (C=O) groups is 1. The van der Waals surface area contributed by atoms with E-state index in [0.717, 1.165) is 43.6 Å². The zero-order valence-electron chi connectivity index (χ0n) is 12.9. The molecule has 1 aliphatic rings. The van der Waals surface area contributed by atoms with Gasteiger partial charge >= 0.3 is 0 Å². The summed E-state index contributed by atoms with van der Waals surface area (Å²) in [6.07, 6.45) is 6.02. The molecule has 0 radical (unpaired) electrons. The molecule has 0 saturated heterocycles. The van der Waals surface area contributed by atoms with Gasteiger partial charge in [0, 0.05) is 31.0 Å². The highest BCUT2D eigenvalue weighted by molar-refractivity contribution is 5.99. The SMILES string of the molecule is CCNc1cc(C)ncc1C(=O)N(CCO)C1CCCC1. The second-order valence-electron chi connectivity index (χ2n) is 5.56. The molecule has 1 aromatic heterocycles. The topological polar surface area (TPSA) is 65.5 Å². The van der Waals surface area contributed by atoms with Gasteiger partial charge in [-0.3, -0.25) is 9.78 Å². The first-order valence-corrected chi connectivity index (χ1v) is 7.79. The lowest BCUT2D eigenvalue weighted by molar-refractivity contribution is 0.0638. The van der Waals surface area contributed by atoms with Crippen LogP contribution in [0.3, 0.4) is 0 Å². The molecule has 1 saturated carbocycles. The van der Waals surface area contributed by atoms with E-state index in [-0.39, 0.29) is 18.6 Å². The highest BCUT2D eigenvalue weighted by Gasteiger charge is 2.28. The molecule has 1 aliphatic carbocycles. The summed E-state index contributed by atoms with van der Waals surface area (Å²) in [5.74, 6) is -0.0283. The molecular formula is C16H25N3O2. The minimum absolute atomic E-state index is 0.00192. The number of aliphatic hydroxyl groups excluding tert-OH is 1. The quantitative estimate of drug-likeness (QED) is 0.843. The summed E-state index contributed by atoms with van der Waals surface area (Å²) >= 11 is 0. The summed E-state index contributed by atoms with van der Waals surface area (Å²) in [7, 11) is 0. The molecule has 2 N–H and O–H groups in total. The Bertz CT molecular complexity index is 484. The third-order valence-corrected chi connectivity index (χ3v) is 4.01. The maximum Gasteiger partial charge on any atom is 0.257 e. The molecule has 5 heteroatoms. The number of rotatable bonds is 6. The Morgan fingerprint density at radius 1 is 1.48 bits per heavy atom. The van der Waals surface area contributed by atoms with Crippen LogP contribution in [0.5, 0.6) is 0 Å². The molecule has 1 fully saturated rings. The lowest BCUT2D eigenvalue weighted by atomic mass is 10.1. The number of nitrogens with one attached hydrogen (secondary N) is 1. The second-order valence-corrected chi connectivity index (χ2v) is 5.56. The first-order chi connectivity index (χ1) is 10.2. The van der Waals surface area contributed by atoms with Gasteiger partial charge in [0.25, 0.3) is 5.91 Å². The van der Waals surface area contributed by atoms with Crippen LogP contribution < -0.4 is 5.32 Å². The predicted molar refractivity (Wildman–Crippen MR) is 83.5 cm³/mol. The van der Waals surface area contributed by atoms with E-state index in [1.807, 2.05) is 24.8 Å². The van der Waals surface area contributed by atoms with Crippen molar-refractivity contribution in [3.8, 4) is 0 Å².